The van der Waals surface area contributed by atoms with E-state index in [-0.39, 0.29) is 11.9 Å². The number of nitrogens with one attached hydrogen (secondary N) is 1. The van der Waals surface area contributed by atoms with Crippen molar-refractivity contribution in [2.24, 2.45) is 0 Å². The molecule has 27 heavy (non-hydrogen) atoms. The van der Waals surface area contributed by atoms with Crippen LogP contribution in [0.4, 0.5) is 20.6 Å². The summed E-state index contributed by atoms with van der Waals surface area (Å²) in [6.07, 6.45) is 2.49. The molecule has 2 fully saturated rings. The van der Waals surface area contributed by atoms with Gasteiger partial charge in [0, 0.05) is 31.1 Å². The average molecular weight is 410 g/mol. The minimum atomic E-state index is -0.448. The predicted octanol–water partition coefficient (Wildman–Crippen LogP) is 3.59. The highest BCUT2D eigenvalue weighted by Crippen LogP contribution is 2.29. The molecular weight excluding hydrogens is 389 g/mol. The Labute approximate surface area is 165 Å². The number of thioether (sulfide) groups is 1. The van der Waals surface area contributed by atoms with Crippen LogP contribution in [0.3, 0.4) is 0 Å². The summed E-state index contributed by atoms with van der Waals surface area (Å²) in [5.74, 6) is 1.71. The van der Waals surface area contributed by atoms with Gasteiger partial charge >= 0.3 is 6.09 Å². The van der Waals surface area contributed by atoms with E-state index in [1.54, 1.807) is 24.7 Å². The Morgan fingerprint density at radius 2 is 2.15 bits per heavy atom. The Kier molecular flexibility index (Phi) is 5.80. The standard InChI is InChI=1S/C18H20FN3O3S2/c19-16-9-13(1-2-17(16)21-4-7-26-8-5-21)22-11-14(25-18(22)23)10-20-27-15-3-6-24-12-15/h1-3,6,9,12,14,20H,4-5,7-8,10-11H2/t14-/m1/s1. The van der Waals surface area contributed by atoms with E-state index in [1.807, 2.05) is 17.8 Å². The second kappa shape index (κ2) is 8.45. The van der Waals surface area contributed by atoms with Gasteiger partial charge in [-0.25, -0.2) is 9.18 Å². The smallest absolute Gasteiger partial charge is 0.414 e. The van der Waals surface area contributed by atoms with Crippen molar-refractivity contribution in [2.45, 2.75) is 11.0 Å². The first-order valence-electron chi connectivity index (χ1n) is 8.73. The number of carbonyl (C=O) groups excluding carboxylic acids is 1. The Morgan fingerprint density at radius 1 is 1.30 bits per heavy atom. The van der Waals surface area contributed by atoms with Gasteiger partial charge in [0.2, 0.25) is 0 Å². The number of carbonyl (C=O) groups is 1. The van der Waals surface area contributed by atoms with E-state index < -0.39 is 6.09 Å². The lowest BCUT2D eigenvalue weighted by atomic mass is 10.2. The highest BCUT2D eigenvalue weighted by atomic mass is 32.2. The number of cyclic esters (lactones) is 1. The maximum absolute atomic E-state index is 14.6. The second-order valence-electron chi connectivity index (χ2n) is 6.26. The zero-order valence-electron chi connectivity index (χ0n) is 14.6. The number of anilines is 2. The molecule has 1 atom stereocenters. The van der Waals surface area contributed by atoms with Crippen LogP contribution >= 0.6 is 23.7 Å². The number of hydrogen-bond donors (Lipinski definition) is 1. The van der Waals surface area contributed by atoms with Gasteiger partial charge in [0.1, 0.15) is 18.2 Å². The second-order valence-corrected chi connectivity index (χ2v) is 8.45. The average Bonchev–Trinajstić information content (AvgIpc) is 3.32. The molecule has 1 amide bonds. The van der Waals surface area contributed by atoms with Crippen molar-refractivity contribution < 1.29 is 18.3 Å². The predicted molar refractivity (Wildman–Crippen MR) is 106 cm³/mol. The normalized spacial score (nSPS) is 20.2. The molecule has 2 aliphatic heterocycles. The van der Waals surface area contributed by atoms with Gasteiger partial charge in [-0.05, 0) is 36.2 Å². The van der Waals surface area contributed by atoms with E-state index in [1.165, 1.54) is 22.9 Å². The number of benzene rings is 1. The SMILES string of the molecule is O=C1O[C@H](CNSc2ccoc2)CN1c1ccc(N2CCSCC2)c(F)c1. The Hall–Kier alpha value is -1.84. The Bertz CT molecular complexity index is 784. The zero-order chi connectivity index (χ0) is 18.6. The maximum Gasteiger partial charge on any atom is 0.414 e. The zero-order valence-corrected chi connectivity index (χ0v) is 16.2. The summed E-state index contributed by atoms with van der Waals surface area (Å²) in [7, 11) is 0. The summed E-state index contributed by atoms with van der Waals surface area (Å²) in [4.78, 5) is 16.7. The number of ether oxygens (including phenoxy) is 1. The lowest BCUT2D eigenvalue weighted by Gasteiger charge is -2.29. The molecule has 9 heteroatoms. The third-order valence-electron chi connectivity index (χ3n) is 4.46. The van der Waals surface area contributed by atoms with Gasteiger partial charge in [-0.3, -0.25) is 9.62 Å². The van der Waals surface area contributed by atoms with Crippen molar-refractivity contribution in [3.63, 3.8) is 0 Å². The molecule has 0 bridgehead atoms. The third kappa shape index (κ3) is 4.36. The summed E-state index contributed by atoms with van der Waals surface area (Å²) < 4.78 is 28.2. The fourth-order valence-electron chi connectivity index (χ4n) is 3.09. The molecule has 2 aliphatic rings. The first-order chi connectivity index (χ1) is 13.2. The molecule has 1 aromatic heterocycles. The fraction of sp³-hybridized carbons (Fsp3) is 0.389. The van der Waals surface area contributed by atoms with E-state index in [2.05, 4.69) is 9.62 Å². The molecule has 0 aliphatic carbocycles. The summed E-state index contributed by atoms with van der Waals surface area (Å²) in [6, 6.07) is 6.82. The van der Waals surface area contributed by atoms with E-state index >= 15 is 0 Å². The molecule has 3 heterocycles. The van der Waals surface area contributed by atoms with Crippen molar-refractivity contribution in [1.82, 2.24) is 4.72 Å². The number of halogens is 1. The van der Waals surface area contributed by atoms with Crippen LogP contribution in [-0.4, -0.2) is 49.9 Å². The molecular formula is C18H20FN3O3S2. The molecule has 1 aromatic carbocycles. The highest BCUT2D eigenvalue weighted by molar-refractivity contribution is 7.99. The van der Waals surface area contributed by atoms with Crippen LogP contribution < -0.4 is 14.5 Å². The van der Waals surface area contributed by atoms with Crippen LogP contribution in [0.25, 0.3) is 0 Å². The maximum atomic E-state index is 14.6. The number of furan rings is 1. The summed E-state index contributed by atoms with van der Waals surface area (Å²) in [5, 5.41) is 0. The Balaban J connectivity index is 1.36. The molecule has 4 rings (SSSR count). The topological polar surface area (TPSA) is 58.0 Å². The Morgan fingerprint density at radius 3 is 2.89 bits per heavy atom. The van der Waals surface area contributed by atoms with Gasteiger partial charge in [-0.2, -0.15) is 11.8 Å². The summed E-state index contributed by atoms with van der Waals surface area (Å²) in [5.41, 5.74) is 1.12. The molecule has 0 unspecified atom stereocenters. The number of nitrogens with zero attached hydrogens (tertiary/aromatic N) is 2. The molecule has 0 radical (unpaired) electrons. The van der Waals surface area contributed by atoms with Crippen LogP contribution in [0, 0.1) is 5.82 Å². The molecule has 2 saturated heterocycles. The van der Waals surface area contributed by atoms with Gasteiger partial charge in [0.15, 0.2) is 0 Å². The quantitative estimate of drug-likeness (QED) is 0.732. The molecule has 144 valence electrons. The van der Waals surface area contributed by atoms with Crippen LogP contribution in [0.5, 0.6) is 0 Å². The molecule has 1 N–H and O–H groups in total. The minimum Gasteiger partial charge on any atom is -0.471 e. The van der Waals surface area contributed by atoms with Gasteiger partial charge in [0.25, 0.3) is 0 Å². The molecule has 0 spiro atoms. The van der Waals surface area contributed by atoms with Crippen LogP contribution in [0.15, 0.2) is 46.1 Å². The molecule has 6 nitrogen and oxygen atoms in total. The first kappa shape index (κ1) is 18.5. The van der Waals surface area contributed by atoms with Crippen molar-refractivity contribution >= 4 is 41.2 Å². The van der Waals surface area contributed by atoms with Crippen molar-refractivity contribution in [3.8, 4) is 0 Å². The molecule has 2 aromatic rings. The minimum absolute atomic E-state index is 0.293. The van der Waals surface area contributed by atoms with Crippen molar-refractivity contribution in [3.05, 3.63) is 42.6 Å². The van der Waals surface area contributed by atoms with Gasteiger partial charge in [0.05, 0.1) is 29.1 Å². The lowest BCUT2D eigenvalue weighted by Crippen LogP contribution is -2.33. The highest BCUT2D eigenvalue weighted by Gasteiger charge is 2.32. The molecule has 0 saturated carbocycles. The third-order valence-corrected chi connectivity index (χ3v) is 6.19. The van der Waals surface area contributed by atoms with Crippen molar-refractivity contribution in [1.29, 1.82) is 0 Å². The monoisotopic (exact) mass is 409 g/mol. The number of rotatable bonds is 6. The summed E-state index contributed by atoms with van der Waals surface area (Å²) >= 11 is 3.29. The van der Waals surface area contributed by atoms with Crippen molar-refractivity contribution in [2.75, 3.05) is 47.5 Å². The van der Waals surface area contributed by atoms with Gasteiger partial charge < -0.3 is 14.1 Å². The van der Waals surface area contributed by atoms with E-state index in [9.17, 15) is 9.18 Å². The van der Waals surface area contributed by atoms with E-state index in [0.29, 0.717) is 24.5 Å². The largest absolute Gasteiger partial charge is 0.471 e. The van der Waals surface area contributed by atoms with Crippen LogP contribution in [0.2, 0.25) is 0 Å². The first-order valence-corrected chi connectivity index (χ1v) is 10.7. The summed E-state index contributed by atoms with van der Waals surface area (Å²) in [6.45, 7) is 2.56. The van der Waals surface area contributed by atoms with E-state index in [0.717, 1.165) is 29.5 Å². The van der Waals surface area contributed by atoms with Gasteiger partial charge in [-0.1, -0.05) is 0 Å². The number of hydrogen-bond acceptors (Lipinski definition) is 7. The number of amides is 1. The fourth-order valence-corrected chi connectivity index (χ4v) is 4.66. The lowest BCUT2D eigenvalue weighted by molar-refractivity contribution is 0.143. The van der Waals surface area contributed by atoms with Crippen LogP contribution in [0.1, 0.15) is 0 Å². The van der Waals surface area contributed by atoms with E-state index in [4.69, 9.17) is 9.15 Å². The van der Waals surface area contributed by atoms with Crippen LogP contribution in [-0.2, 0) is 4.74 Å². The van der Waals surface area contributed by atoms with Gasteiger partial charge in [-0.15, -0.1) is 0 Å².